The second-order valence-corrected chi connectivity index (χ2v) is 5.84. The van der Waals surface area contributed by atoms with Crippen molar-refractivity contribution in [3.8, 4) is 5.75 Å². The zero-order valence-electron chi connectivity index (χ0n) is 13.9. The van der Waals surface area contributed by atoms with Gasteiger partial charge in [0.25, 0.3) is 11.8 Å². The minimum Gasteiger partial charge on any atom is -0.481 e. The van der Waals surface area contributed by atoms with E-state index in [9.17, 15) is 9.59 Å². The molecule has 0 atom stereocenters. The van der Waals surface area contributed by atoms with Crippen molar-refractivity contribution in [2.45, 2.75) is 6.42 Å². The lowest BCUT2D eigenvalue weighted by Crippen LogP contribution is -2.37. The molecular formula is C19H21N3O3. The number of hydrogen-bond acceptors (Lipinski definition) is 4. The summed E-state index contributed by atoms with van der Waals surface area (Å²) < 4.78 is 5.49. The van der Waals surface area contributed by atoms with Crippen LogP contribution < -0.4 is 15.8 Å². The maximum absolute atomic E-state index is 13.0. The summed E-state index contributed by atoms with van der Waals surface area (Å²) in [6, 6.07) is 15.2. The summed E-state index contributed by atoms with van der Waals surface area (Å²) in [4.78, 5) is 26.2. The summed E-state index contributed by atoms with van der Waals surface area (Å²) in [5.74, 6) is 0.0585. The molecule has 0 unspecified atom stereocenters. The van der Waals surface area contributed by atoms with Crippen molar-refractivity contribution < 1.29 is 14.3 Å². The Balaban J connectivity index is 1.79. The third-order valence-electron chi connectivity index (χ3n) is 4.07. The summed E-state index contributed by atoms with van der Waals surface area (Å²) in [7, 11) is 0. The number of amides is 2. The first-order chi connectivity index (χ1) is 12.2. The van der Waals surface area contributed by atoms with E-state index < -0.39 is 0 Å². The first kappa shape index (κ1) is 17.0. The van der Waals surface area contributed by atoms with Gasteiger partial charge in [0.05, 0.1) is 11.3 Å². The van der Waals surface area contributed by atoms with Crippen molar-refractivity contribution in [2.75, 3.05) is 31.6 Å². The Labute approximate surface area is 146 Å². The Kier molecular flexibility index (Phi) is 5.30. The van der Waals surface area contributed by atoms with Crippen LogP contribution in [0, 0.1) is 0 Å². The van der Waals surface area contributed by atoms with E-state index in [2.05, 4.69) is 5.32 Å². The summed E-state index contributed by atoms with van der Waals surface area (Å²) >= 11 is 0. The molecule has 25 heavy (non-hydrogen) atoms. The van der Waals surface area contributed by atoms with Crippen LogP contribution in [0.15, 0.2) is 48.5 Å². The molecule has 3 N–H and O–H groups in total. The number of carbonyl (C=O) groups is 2. The number of anilines is 1. The van der Waals surface area contributed by atoms with Crippen molar-refractivity contribution in [1.29, 1.82) is 0 Å². The second kappa shape index (κ2) is 7.81. The maximum atomic E-state index is 13.0. The Morgan fingerprint density at radius 2 is 1.92 bits per heavy atom. The number of ether oxygens (including phenoxy) is 1. The third kappa shape index (κ3) is 3.97. The van der Waals surface area contributed by atoms with Crippen LogP contribution in [0.1, 0.15) is 15.9 Å². The van der Waals surface area contributed by atoms with E-state index in [0.717, 1.165) is 12.0 Å². The van der Waals surface area contributed by atoms with E-state index in [1.165, 1.54) is 0 Å². The van der Waals surface area contributed by atoms with Gasteiger partial charge in [0.15, 0.2) is 12.4 Å². The zero-order valence-corrected chi connectivity index (χ0v) is 13.9. The number of rotatable bonds is 6. The fraction of sp³-hybridized carbons (Fsp3) is 0.263. The topological polar surface area (TPSA) is 84.7 Å². The van der Waals surface area contributed by atoms with E-state index in [0.29, 0.717) is 36.6 Å². The largest absolute Gasteiger partial charge is 0.481 e. The lowest BCUT2D eigenvalue weighted by molar-refractivity contribution is -0.118. The van der Waals surface area contributed by atoms with Crippen LogP contribution in [0.4, 0.5) is 5.69 Å². The zero-order chi connectivity index (χ0) is 17.6. The highest BCUT2D eigenvalue weighted by atomic mass is 16.5. The van der Waals surface area contributed by atoms with E-state index >= 15 is 0 Å². The highest BCUT2D eigenvalue weighted by molar-refractivity contribution is 6.03. The Hall–Kier alpha value is -2.86. The van der Waals surface area contributed by atoms with Gasteiger partial charge in [-0.25, -0.2) is 0 Å². The fourth-order valence-electron chi connectivity index (χ4n) is 2.83. The van der Waals surface area contributed by atoms with E-state index in [4.69, 9.17) is 10.5 Å². The Morgan fingerprint density at radius 3 is 2.68 bits per heavy atom. The molecule has 0 aliphatic carbocycles. The summed E-state index contributed by atoms with van der Waals surface area (Å²) in [5.41, 5.74) is 7.82. The quantitative estimate of drug-likeness (QED) is 0.838. The minimum atomic E-state index is -0.222. The van der Waals surface area contributed by atoms with Crippen LogP contribution in [0.5, 0.6) is 5.75 Å². The van der Waals surface area contributed by atoms with Crippen LogP contribution in [-0.2, 0) is 11.2 Å². The number of fused-ring (bicyclic) bond motifs is 1. The van der Waals surface area contributed by atoms with Gasteiger partial charge < -0.3 is 20.7 Å². The molecule has 6 heteroatoms. The number of para-hydroxylation sites is 1. The average molecular weight is 339 g/mol. The van der Waals surface area contributed by atoms with Crippen LogP contribution in [0.3, 0.4) is 0 Å². The van der Waals surface area contributed by atoms with Crippen LogP contribution in [0.2, 0.25) is 0 Å². The third-order valence-corrected chi connectivity index (χ3v) is 4.07. The fourth-order valence-corrected chi connectivity index (χ4v) is 2.83. The molecule has 0 spiro atoms. The number of nitrogens with one attached hydrogen (secondary N) is 1. The Morgan fingerprint density at radius 1 is 1.12 bits per heavy atom. The van der Waals surface area contributed by atoms with Gasteiger partial charge in [0, 0.05) is 19.6 Å². The van der Waals surface area contributed by atoms with E-state index in [1.807, 2.05) is 30.3 Å². The number of nitrogens with two attached hydrogens (primary N) is 1. The molecule has 0 radical (unpaired) electrons. The van der Waals surface area contributed by atoms with Gasteiger partial charge in [-0.15, -0.1) is 0 Å². The molecule has 0 saturated heterocycles. The summed E-state index contributed by atoms with van der Waals surface area (Å²) in [5, 5.41) is 2.72. The molecule has 0 fully saturated rings. The molecule has 130 valence electrons. The first-order valence-electron chi connectivity index (χ1n) is 8.28. The molecule has 0 saturated carbocycles. The normalized spacial score (nSPS) is 12.8. The lowest BCUT2D eigenvalue weighted by atomic mass is 10.1. The molecule has 2 aromatic rings. The molecule has 2 aromatic carbocycles. The van der Waals surface area contributed by atoms with Crippen molar-refractivity contribution in [3.63, 3.8) is 0 Å². The molecule has 0 aromatic heterocycles. The van der Waals surface area contributed by atoms with Gasteiger partial charge in [-0.05, 0) is 24.1 Å². The van der Waals surface area contributed by atoms with Crippen LogP contribution in [0.25, 0.3) is 0 Å². The minimum absolute atomic E-state index is 0.0851. The second-order valence-electron chi connectivity index (χ2n) is 5.84. The van der Waals surface area contributed by atoms with Gasteiger partial charge in [-0.1, -0.05) is 36.4 Å². The molecule has 3 rings (SSSR count). The maximum Gasteiger partial charge on any atom is 0.262 e. The Bertz CT molecular complexity index is 762. The highest BCUT2D eigenvalue weighted by Gasteiger charge is 2.25. The molecule has 1 aliphatic heterocycles. The van der Waals surface area contributed by atoms with Crippen LogP contribution in [-0.4, -0.2) is 43.0 Å². The number of nitrogens with zero attached hydrogens (tertiary/aromatic N) is 1. The van der Waals surface area contributed by atoms with Crippen molar-refractivity contribution in [2.24, 2.45) is 5.73 Å². The van der Waals surface area contributed by atoms with E-state index in [-0.39, 0.29) is 18.4 Å². The van der Waals surface area contributed by atoms with Crippen molar-refractivity contribution in [1.82, 2.24) is 4.90 Å². The van der Waals surface area contributed by atoms with Crippen LogP contribution >= 0.6 is 0 Å². The standard InChI is InChI=1S/C19H21N3O3/c20-10-12-22(11-9-14-5-2-1-3-6-14)19(24)15-7-4-8-16-18(15)25-13-17(23)21-16/h1-8H,9-13,20H2,(H,21,23). The van der Waals surface area contributed by atoms with Gasteiger partial charge in [-0.2, -0.15) is 0 Å². The predicted molar refractivity (Wildman–Crippen MR) is 95.7 cm³/mol. The molecule has 6 nitrogen and oxygen atoms in total. The number of benzene rings is 2. The average Bonchev–Trinajstić information content (AvgIpc) is 2.64. The smallest absolute Gasteiger partial charge is 0.262 e. The summed E-state index contributed by atoms with van der Waals surface area (Å²) in [6.45, 7) is 1.32. The molecule has 2 amide bonds. The SMILES string of the molecule is NCCN(CCc1ccccc1)C(=O)c1cccc2c1OCC(=O)N2. The molecule has 1 aliphatic rings. The molecule has 0 bridgehead atoms. The number of hydrogen-bond donors (Lipinski definition) is 2. The highest BCUT2D eigenvalue weighted by Crippen LogP contribution is 2.32. The molecule has 1 heterocycles. The lowest BCUT2D eigenvalue weighted by Gasteiger charge is -2.25. The monoisotopic (exact) mass is 339 g/mol. The first-order valence-corrected chi connectivity index (χ1v) is 8.28. The van der Waals surface area contributed by atoms with Gasteiger partial charge in [0.2, 0.25) is 0 Å². The van der Waals surface area contributed by atoms with Gasteiger partial charge in [-0.3, -0.25) is 9.59 Å². The van der Waals surface area contributed by atoms with Crippen molar-refractivity contribution in [3.05, 3.63) is 59.7 Å². The van der Waals surface area contributed by atoms with E-state index in [1.54, 1.807) is 23.1 Å². The van der Waals surface area contributed by atoms with Gasteiger partial charge >= 0.3 is 0 Å². The molecular weight excluding hydrogens is 318 g/mol. The van der Waals surface area contributed by atoms with Crippen molar-refractivity contribution >= 4 is 17.5 Å². The number of carbonyl (C=O) groups excluding carboxylic acids is 2. The predicted octanol–water partition coefficient (Wildman–Crippen LogP) is 1.66. The summed E-state index contributed by atoms with van der Waals surface area (Å²) in [6.07, 6.45) is 0.749. The van der Waals surface area contributed by atoms with Gasteiger partial charge in [0.1, 0.15) is 0 Å².